The first-order valence-corrected chi connectivity index (χ1v) is 14.1. The van der Waals surface area contributed by atoms with E-state index in [1.807, 2.05) is 18.2 Å². The zero-order valence-electron chi connectivity index (χ0n) is 18.1. The number of phenols is 1. The van der Waals surface area contributed by atoms with Crippen LogP contribution in [-0.4, -0.2) is 43.8 Å². The summed E-state index contributed by atoms with van der Waals surface area (Å²) >= 11 is 3.84. The number of rotatable bonds is 4. The molecule has 4 bridgehead atoms. The Kier molecular flexibility index (Phi) is 4.47. The number of para-hydroxylation sites is 2. The smallest absolute Gasteiger partial charge is 0.229 e. The largest absolute Gasteiger partial charge is 0.506 e. The summed E-state index contributed by atoms with van der Waals surface area (Å²) in [7, 11) is -3.42. The third kappa shape index (κ3) is 2.75. The van der Waals surface area contributed by atoms with Gasteiger partial charge in [0.05, 0.1) is 23.3 Å². The van der Waals surface area contributed by atoms with Gasteiger partial charge in [0.15, 0.2) is 0 Å². The summed E-state index contributed by atoms with van der Waals surface area (Å²) in [6.07, 6.45) is 8.40. The molecule has 2 aliphatic carbocycles. The molecule has 2 aliphatic heterocycles. The van der Waals surface area contributed by atoms with Crippen molar-refractivity contribution in [3.63, 3.8) is 0 Å². The number of sulfonamides is 1. The van der Waals surface area contributed by atoms with Crippen molar-refractivity contribution >= 4 is 43.0 Å². The van der Waals surface area contributed by atoms with Crippen LogP contribution >= 0.6 is 15.9 Å². The molecule has 0 radical (unpaired) electrons. The SMILES string of the molecule is CS(=O)(=O)Nc1ccccc1Nc1c(O)cc2c(c1Br)C[C@@H]1N3CC[C@]24CCCC[C@]14C3. The van der Waals surface area contributed by atoms with Gasteiger partial charge in [0.2, 0.25) is 10.0 Å². The van der Waals surface area contributed by atoms with E-state index in [4.69, 9.17) is 0 Å². The summed E-state index contributed by atoms with van der Waals surface area (Å²) < 4.78 is 27.1. The Bertz CT molecular complexity index is 1230. The Morgan fingerprint density at radius 3 is 2.69 bits per heavy atom. The van der Waals surface area contributed by atoms with Crippen LogP contribution in [0.2, 0.25) is 0 Å². The number of phenolic OH excluding ortho intramolecular Hbond substituents is 1. The van der Waals surface area contributed by atoms with Crippen LogP contribution in [0.4, 0.5) is 17.1 Å². The summed E-state index contributed by atoms with van der Waals surface area (Å²) in [5.74, 6) is 0.208. The number of fused-ring (bicyclic) bond motifs is 1. The minimum absolute atomic E-state index is 0.173. The van der Waals surface area contributed by atoms with E-state index in [2.05, 4.69) is 30.9 Å². The monoisotopic (exact) mass is 517 g/mol. The number of nitrogens with zero attached hydrogens (tertiary/aromatic N) is 1. The zero-order valence-corrected chi connectivity index (χ0v) is 20.5. The quantitative estimate of drug-likeness (QED) is 0.511. The normalized spacial score (nSPS) is 32.3. The Hall–Kier alpha value is -1.77. The standard InChI is InChI=1S/C24H28BrN3O3S/c1-32(30,31)27-18-7-3-2-6-17(18)26-22-19(29)13-16-15(21(22)25)12-20-24-9-5-4-8-23(16,24)10-11-28(20)14-24/h2-3,6-7,13,20,26-27,29H,4-5,8-12,14H2,1H3/t20-,23+,24-/m0/s1. The fraction of sp³-hybridized carbons (Fsp3) is 0.500. The van der Waals surface area contributed by atoms with Crippen LogP contribution in [0.15, 0.2) is 34.8 Å². The molecule has 0 amide bonds. The van der Waals surface area contributed by atoms with Gasteiger partial charge in [-0.2, -0.15) is 0 Å². The van der Waals surface area contributed by atoms with Crippen LogP contribution in [0, 0.1) is 5.41 Å². The Morgan fingerprint density at radius 2 is 1.91 bits per heavy atom. The van der Waals surface area contributed by atoms with Gasteiger partial charge in [-0.05, 0) is 77.5 Å². The molecule has 4 aliphatic rings. The molecule has 170 valence electrons. The van der Waals surface area contributed by atoms with Crippen molar-refractivity contribution in [1.29, 1.82) is 0 Å². The number of benzene rings is 2. The third-order valence-electron chi connectivity index (χ3n) is 8.56. The average molecular weight is 518 g/mol. The van der Waals surface area contributed by atoms with E-state index in [0.717, 1.165) is 23.7 Å². The summed E-state index contributed by atoms with van der Waals surface area (Å²) in [5, 5.41) is 14.5. The summed E-state index contributed by atoms with van der Waals surface area (Å²) in [4.78, 5) is 2.66. The lowest BCUT2D eigenvalue weighted by Crippen LogP contribution is -2.79. The molecule has 2 heterocycles. The van der Waals surface area contributed by atoms with Gasteiger partial charge in [0, 0.05) is 27.9 Å². The van der Waals surface area contributed by atoms with E-state index in [1.165, 1.54) is 49.8 Å². The minimum atomic E-state index is -3.42. The Labute approximate surface area is 197 Å². The molecule has 3 fully saturated rings. The number of piperidine rings is 2. The highest BCUT2D eigenvalue weighted by molar-refractivity contribution is 9.10. The van der Waals surface area contributed by atoms with E-state index in [0.29, 0.717) is 28.5 Å². The molecule has 4 atom stereocenters. The molecule has 1 saturated carbocycles. The summed E-state index contributed by atoms with van der Waals surface area (Å²) in [5.41, 5.74) is 4.83. The molecule has 0 aromatic heterocycles. The number of anilines is 3. The van der Waals surface area contributed by atoms with Gasteiger partial charge in [-0.1, -0.05) is 25.0 Å². The molecule has 2 saturated heterocycles. The van der Waals surface area contributed by atoms with Crippen molar-refractivity contribution in [3.8, 4) is 5.75 Å². The lowest BCUT2D eigenvalue weighted by Gasteiger charge is -2.75. The fourth-order valence-corrected chi connectivity index (χ4v) is 8.58. The molecule has 32 heavy (non-hydrogen) atoms. The van der Waals surface area contributed by atoms with E-state index < -0.39 is 10.0 Å². The van der Waals surface area contributed by atoms with Crippen molar-refractivity contribution in [1.82, 2.24) is 4.90 Å². The number of hydrogen-bond acceptors (Lipinski definition) is 5. The molecular weight excluding hydrogens is 490 g/mol. The highest BCUT2D eigenvalue weighted by atomic mass is 79.9. The number of hydrogen-bond donors (Lipinski definition) is 3. The van der Waals surface area contributed by atoms with Gasteiger partial charge in [-0.3, -0.25) is 9.62 Å². The van der Waals surface area contributed by atoms with Crippen molar-refractivity contribution in [2.24, 2.45) is 5.41 Å². The van der Waals surface area contributed by atoms with Gasteiger partial charge in [0.1, 0.15) is 5.75 Å². The molecule has 1 unspecified atom stereocenters. The Balaban J connectivity index is 1.45. The fourth-order valence-electron chi connectivity index (χ4n) is 7.32. The van der Waals surface area contributed by atoms with E-state index >= 15 is 0 Å². The second kappa shape index (κ2) is 6.87. The van der Waals surface area contributed by atoms with Crippen molar-refractivity contribution in [2.45, 2.75) is 50.0 Å². The van der Waals surface area contributed by atoms with Crippen molar-refractivity contribution in [3.05, 3.63) is 45.9 Å². The van der Waals surface area contributed by atoms with Crippen LogP contribution in [0.25, 0.3) is 0 Å². The lowest BCUT2D eigenvalue weighted by atomic mass is 9.40. The molecule has 6 rings (SSSR count). The topological polar surface area (TPSA) is 81.7 Å². The zero-order chi connectivity index (χ0) is 22.3. The molecular formula is C24H28BrN3O3S. The molecule has 1 spiro atoms. The van der Waals surface area contributed by atoms with Gasteiger partial charge in [-0.15, -0.1) is 0 Å². The predicted octanol–water partition coefficient (Wildman–Crippen LogP) is 4.71. The van der Waals surface area contributed by atoms with Crippen molar-refractivity contribution < 1.29 is 13.5 Å². The average Bonchev–Trinajstić information content (AvgIpc) is 2.74. The maximum Gasteiger partial charge on any atom is 0.229 e. The molecule has 8 heteroatoms. The number of aromatic hydroxyl groups is 1. The maximum atomic E-state index is 11.8. The minimum Gasteiger partial charge on any atom is -0.506 e. The van der Waals surface area contributed by atoms with E-state index in [9.17, 15) is 13.5 Å². The highest BCUT2D eigenvalue weighted by Gasteiger charge is 2.69. The summed E-state index contributed by atoms with van der Waals surface area (Å²) in [6.45, 7) is 2.37. The first-order chi connectivity index (χ1) is 15.2. The highest BCUT2D eigenvalue weighted by Crippen LogP contribution is 2.69. The predicted molar refractivity (Wildman–Crippen MR) is 130 cm³/mol. The summed E-state index contributed by atoms with van der Waals surface area (Å²) in [6, 6.07) is 9.74. The van der Waals surface area contributed by atoms with Crippen LogP contribution in [-0.2, 0) is 21.9 Å². The first-order valence-electron chi connectivity index (χ1n) is 11.4. The maximum absolute atomic E-state index is 11.8. The van der Waals surface area contributed by atoms with Gasteiger partial charge < -0.3 is 10.4 Å². The molecule has 6 nitrogen and oxygen atoms in total. The van der Waals surface area contributed by atoms with E-state index in [1.54, 1.807) is 12.1 Å². The number of nitrogens with one attached hydrogen (secondary N) is 2. The van der Waals surface area contributed by atoms with Gasteiger partial charge in [0.25, 0.3) is 0 Å². The van der Waals surface area contributed by atoms with Crippen LogP contribution < -0.4 is 10.0 Å². The van der Waals surface area contributed by atoms with Gasteiger partial charge >= 0.3 is 0 Å². The first kappa shape index (κ1) is 20.8. The second-order valence-corrected chi connectivity index (χ2v) is 12.6. The van der Waals surface area contributed by atoms with Crippen molar-refractivity contribution in [2.75, 3.05) is 29.4 Å². The lowest BCUT2D eigenvalue weighted by molar-refractivity contribution is -0.199. The van der Waals surface area contributed by atoms with E-state index in [-0.39, 0.29) is 11.2 Å². The van der Waals surface area contributed by atoms with Gasteiger partial charge in [-0.25, -0.2) is 8.42 Å². The molecule has 3 N–H and O–H groups in total. The molecule has 2 aromatic carbocycles. The van der Waals surface area contributed by atoms with Crippen LogP contribution in [0.3, 0.4) is 0 Å². The second-order valence-electron chi connectivity index (χ2n) is 10.0. The Morgan fingerprint density at radius 1 is 1.16 bits per heavy atom. The molecule has 2 aromatic rings. The van der Waals surface area contributed by atoms with Crippen LogP contribution in [0.1, 0.15) is 43.2 Å². The third-order valence-corrected chi connectivity index (χ3v) is 10.0. The van der Waals surface area contributed by atoms with Crippen LogP contribution in [0.5, 0.6) is 5.75 Å². The number of halogens is 1.